The number of phenols is 1. The molecule has 1 aliphatic rings. The molecule has 0 saturated carbocycles. The van der Waals surface area contributed by atoms with Crippen LogP contribution in [0.15, 0.2) is 45.3 Å². The van der Waals surface area contributed by atoms with E-state index in [2.05, 4.69) is 0 Å². The Kier molecular flexibility index (Phi) is 4.07. The maximum atomic E-state index is 12.9. The molecule has 28 heavy (non-hydrogen) atoms. The fraction of sp³-hybridized carbons (Fsp3) is 0.143. The van der Waals surface area contributed by atoms with Crippen LogP contribution in [0.1, 0.15) is 21.5 Å². The Bertz CT molecular complexity index is 1190. The molecule has 1 aliphatic heterocycles. The standard InChI is InChI=1S/C21H16O7/c1-10-6-17(22)28-21-12(10)4-5-13-18(21)20(24)16(27-13)9-11-7-14(25-2)19(23)15(8-11)26-3/h4-9,23H,1-3H3/b16-9-. The lowest BCUT2D eigenvalue weighted by Crippen LogP contribution is -2.02. The molecule has 0 amide bonds. The molecule has 0 bridgehead atoms. The number of rotatable bonds is 3. The summed E-state index contributed by atoms with van der Waals surface area (Å²) in [6.45, 7) is 1.78. The van der Waals surface area contributed by atoms with Gasteiger partial charge in [0, 0.05) is 11.5 Å². The minimum atomic E-state index is -0.531. The van der Waals surface area contributed by atoms with Crippen molar-refractivity contribution in [2.75, 3.05) is 14.2 Å². The molecule has 3 aromatic rings. The van der Waals surface area contributed by atoms with E-state index in [1.807, 2.05) is 0 Å². The molecular formula is C21H16O7. The molecule has 7 nitrogen and oxygen atoms in total. The highest BCUT2D eigenvalue weighted by Crippen LogP contribution is 2.40. The first-order valence-electron chi connectivity index (χ1n) is 8.39. The Labute approximate surface area is 159 Å². The molecule has 4 rings (SSSR count). The third-order valence-corrected chi connectivity index (χ3v) is 4.55. The summed E-state index contributed by atoms with van der Waals surface area (Å²) in [6.07, 6.45) is 1.51. The minimum Gasteiger partial charge on any atom is -0.502 e. The van der Waals surface area contributed by atoms with Gasteiger partial charge in [-0.05, 0) is 48.4 Å². The molecular weight excluding hydrogens is 364 g/mol. The second-order valence-corrected chi connectivity index (χ2v) is 6.28. The highest BCUT2D eigenvalue weighted by atomic mass is 16.5. The molecule has 1 aromatic heterocycles. The molecule has 7 heteroatoms. The summed E-state index contributed by atoms with van der Waals surface area (Å²) in [4.78, 5) is 24.7. The van der Waals surface area contributed by atoms with Gasteiger partial charge in [-0.2, -0.15) is 0 Å². The number of aryl methyl sites for hydroxylation is 1. The molecule has 2 aromatic carbocycles. The van der Waals surface area contributed by atoms with Crippen molar-refractivity contribution in [1.82, 2.24) is 0 Å². The smallest absolute Gasteiger partial charge is 0.336 e. The molecule has 142 valence electrons. The summed E-state index contributed by atoms with van der Waals surface area (Å²) in [5.41, 5.74) is 1.13. The number of carbonyl (C=O) groups excluding carboxylic acids is 1. The van der Waals surface area contributed by atoms with Gasteiger partial charge in [-0.1, -0.05) is 0 Å². The minimum absolute atomic E-state index is 0.0569. The number of hydrogen-bond donors (Lipinski definition) is 1. The van der Waals surface area contributed by atoms with Crippen LogP contribution in [0.25, 0.3) is 17.0 Å². The highest BCUT2D eigenvalue weighted by molar-refractivity contribution is 6.20. The summed E-state index contributed by atoms with van der Waals surface area (Å²) in [5, 5.41) is 10.7. The molecule has 0 fully saturated rings. The number of Topliss-reactive ketones (excluding diaryl/α,β-unsaturated/α-hetero) is 1. The Balaban J connectivity index is 1.85. The number of ether oxygens (including phenoxy) is 3. The van der Waals surface area contributed by atoms with Crippen LogP contribution in [0.4, 0.5) is 0 Å². The summed E-state index contributed by atoms with van der Waals surface area (Å²) in [6, 6.07) is 7.89. The maximum Gasteiger partial charge on any atom is 0.336 e. The third-order valence-electron chi connectivity index (χ3n) is 4.55. The average molecular weight is 380 g/mol. The predicted molar refractivity (Wildman–Crippen MR) is 101 cm³/mol. The van der Waals surface area contributed by atoms with Crippen LogP contribution < -0.4 is 19.8 Å². The number of benzene rings is 2. The Hall–Kier alpha value is -3.74. The normalized spacial score (nSPS) is 14.2. The van der Waals surface area contributed by atoms with Gasteiger partial charge < -0.3 is 23.7 Å². The summed E-state index contributed by atoms with van der Waals surface area (Å²) < 4.78 is 21.2. The van der Waals surface area contributed by atoms with Gasteiger partial charge in [-0.25, -0.2) is 4.79 Å². The molecule has 0 unspecified atom stereocenters. The Morgan fingerprint density at radius 2 is 1.71 bits per heavy atom. The largest absolute Gasteiger partial charge is 0.502 e. The lowest BCUT2D eigenvalue weighted by molar-refractivity contribution is 0.101. The zero-order valence-corrected chi connectivity index (χ0v) is 15.4. The number of aromatic hydroxyl groups is 1. The molecule has 0 atom stereocenters. The monoisotopic (exact) mass is 380 g/mol. The van der Waals surface area contributed by atoms with Crippen molar-refractivity contribution in [2.45, 2.75) is 6.92 Å². The van der Waals surface area contributed by atoms with Crippen molar-refractivity contribution in [3.8, 4) is 23.0 Å². The molecule has 0 aliphatic carbocycles. The number of methoxy groups -OCH3 is 2. The maximum absolute atomic E-state index is 12.9. The van der Waals surface area contributed by atoms with Crippen molar-refractivity contribution in [1.29, 1.82) is 0 Å². The number of ketones is 1. The van der Waals surface area contributed by atoms with Gasteiger partial charge >= 0.3 is 5.63 Å². The van der Waals surface area contributed by atoms with Gasteiger partial charge in [-0.3, -0.25) is 4.79 Å². The highest BCUT2D eigenvalue weighted by Gasteiger charge is 2.31. The Morgan fingerprint density at radius 3 is 2.36 bits per heavy atom. The van der Waals surface area contributed by atoms with Gasteiger partial charge in [0.25, 0.3) is 0 Å². The van der Waals surface area contributed by atoms with E-state index in [0.29, 0.717) is 22.3 Å². The first kappa shape index (κ1) is 17.7. The third kappa shape index (κ3) is 2.68. The van der Waals surface area contributed by atoms with Crippen molar-refractivity contribution >= 4 is 22.8 Å². The molecule has 1 N–H and O–H groups in total. The summed E-state index contributed by atoms with van der Waals surface area (Å²) in [5.74, 6) is 0.219. The van der Waals surface area contributed by atoms with Crippen molar-refractivity contribution < 1.29 is 28.5 Å². The van der Waals surface area contributed by atoms with Crippen LogP contribution in [0.5, 0.6) is 23.0 Å². The first-order valence-corrected chi connectivity index (χ1v) is 8.39. The van der Waals surface area contributed by atoms with E-state index in [1.54, 1.807) is 31.2 Å². The van der Waals surface area contributed by atoms with Gasteiger partial charge in [0.05, 0.1) is 14.2 Å². The van der Waals surface area contributed by atoms with Gasteiger partial charge in [0.1, 0.15) is 11.3 Å². The predicted octanol–water partition coefficient (Wildman–Crippen LogP) is 3.44. The molecule has 0 spiro atoms. The van der Waals surface area contributed by atoms with Crippen LogP contribution in [0, 0.1) is 6.92 Å². The van der Waals surface area contributed by atoms with E-state index in [4.69, 9.17) is 18.6 Å². The lowest BCUT2D eigenvalue weighted by Gasteiger charge is -2.09. The summed E-state index contributed by atoms with van der Waals surface area (Å²) >= 11 is 0. The van der Waals surface area contributed by atoms with Crippen LogP contribution in [-0.2, 0) is 0 Å². The lowest BCUT2D eigenvalue weighted by atomic mass is 10.0. The van der Waals surface area contributed by atoms with E-state index in [9.17, 15) is 14.7 Å². The van der Waals surface area contributed by atoms with E-state index in [-0.39, 0.29) is 34.2 Å². The Morgan fingerprint density at radius 1 is 1.04 bits per heavy atom. The second kappa shape index (κ2) is 6.45. The topological polar surface area (TPSA) is 95.2 Å². The molecule has 0 radical (unpaired) electrons. The second-order valence-electron chi connectivity index (χ2n) is 6.28. The zero-order valence-electron chi connectivity index (χ0n) is 15.4. The van der Waals surface area contributed by atoms with E-state index < -0.39 is 11.4 Å². The van der Waals surface area contributed by atoms with Crippen LogP contribution in [0.2, 0.25) is 0 Å². The fourth-order valence-corrected chi connectivity index (χ4v) is 3.20. The fourth-order valence-electron chi connectivity index (χ4n) is 3.20. The quantitative estimate of drug-likeness (QED) is 0.549. The number of carbonyl (C=O) groups is 1. The number of allylic oxidation sites excluding steroid dienone is 1. The number of fused-ring (bicyclic) bond motifs is 3. The average Bonchev–Trinajstić information content (AvgIpc) is 2.98. The molecule has 0 saturated heterocycles. The van der Waals surface area contributed by atoms with Crippen LogP contribution >= 0.6 is 0 Å². The van der Waals surface area contributed by atoms with Gasteiger partial charge in [-0.15, -0.1) is 0 Å². The van der Waals surface area contributed by atoms with Crippen molar-refractivity contribution in [3.63, 3.8) is 0 Å². The van der Waals surface area contributed by atoms with Gasteiger partial charge in [0.2, 0.25) is 11.5 Å². The van der Waals surface area contributed by atoms with E-state index in [1.165, 1.54) is 26.4 Å². The summed E-state index contributed by atoms with van der Waals surface area (Å²) in [7, 11) is 2.82. The number of hydrogen-bond acceptors (Lipinski definition) is 7. The first-order chi connectivity index (χ1) is 13.4. The van der Waals surface area contributed by atoms with E-state index in [0.717, 1.165) is 0 Å². The van der Waals surface area contributed by atoms with Crippen LogP contribution in [0.3, 0.4) is 0 Å². The van der Waals surface area contributed by atoms with Crippen LogP contribution in [-0.4, -0.2) is 25.1 Å². The van der Waals surface area contributed by atoms with Crippen molar-refractivity contribution in [2.24, 2.45) is 0 Å². The van der Waals surface area contributed by atoms with Crippen molar-refractivity contribution in [3.05, 3.63) is 63.2 Å². The van der Waals surface area contributed by atoms with Gasteiger partial charge in [0.15, 0.2) is 22.8 Å². The number of phenolic OH excluding ortho intramolecular Hbond substituents is 1. The SMILES string of the molecule is COc1cc(/C=C2\Oc3ccc4c(C)cc(=O)oc4c3C2=O)cc(OC)c1O. The zero-order chi connectivity index (χ0) is 20.0. The van der Waals surface area contributed by atoms with E-state index >= 15 is 0 Å². The molecule has 2 heterocycles.